The van der Waals surface area contributed by atoms with Gasteiger partial charge in [-0.3, -0.25) is 14.4 Å². The summed E-state index contributed by atoms with van der Waals surface area (Å²) in [6.45, 7) is 17.1. The number of ketones is 1. The molecule has 0 spiro atoms. The molecule has 0 aliphatic carbocycles. The number of Topliss-reactive ketones (excluding diaryl/α,β-unsaturated/α-hetero) is 1. The van der Waals surface area contributed by atoms with Crippen LogP contribution in [0.25, 0.3) is 6.08 Å². The van der Waals surface area contributed by atoms with E-state index in [9.17, 15) is 19.5 Å². The van der Waals surface area contributed by atoms with E-state index in [1.165, 1.54) is 6.92 Å². The number of hydrogen-bond donors (Lipinski definition) is 1. The zero-order valence-electron chi connectivity index (χ0n) is 28.2. The number of esters is 1. The van der Waals surface area contributed by atoms with E-state index in [0.29, 0.717) is 38.0 Å². The summed E-state index contributed by atoms with van der Waals surface area (Å²) in [6, 6.07) is 10.1. The van der Waals surface area contributed by atoms with Gasteiger partial charge in [-0.2, -0.15) is 0 Å². The standard InChI is InChI=1S/C37H53NO6/c1-10-32-37(9,42)30-20-19-29(18-14-17-28-15-12-11-13-16-28)23-43-36(8,21-24(2)33(25(30)3)38-27(5)39)35(6,7)22-31(40)26(4)34(41)44-32/h11-18,24-26,30,32,42H,10,19-23H2,1-9H3/b17-14+,29-18+,38-33?/t24-,25-,26-,30-,32-,36-,37+/m1/s1. The van der Waals surface area contributed by atoms with E-state index in [4.69, 9.17) is 9.47 Å². The number of benzene rings is 1. The zero-order valence-corrected chi connectivity index (χ0v) is 28.2. The monoisotopic (exact) mass is 607 g/mol. The van der Waals surface area contributed by atoms with Crippen molar-refractivity contribution in [3.8, 4) is 0 Å². The molecule has 1 amide bonds. The number of carbonyl (C=O) groups excluding carboxylic acids is 3. The molecule has 2 aliphatic heterocycles. The summed E-state index contributed by atoms with van der Waals surface area (Å²) >= 11 is 0. The highest BCUT2D eigenvalue weighted by Crippen LogP contribution is 2.46. The molecule has 7 atom stereocenters. The minimum Gasteiger partial charge on any atom is -0.459 e. The van der Waals surface area contributed by atoms with Gasteiger partial charge in [-0.1, -0.05) is 83.2 Å². The van der Waals surface area contributed by atoms with Gasteiger partial charge in [-0.05, 0) is 69.4 Å². The lowest BCUT2D eigenvalue weighted by Crippen LogP contribution is -2.53. The van der Waals surface area contributed by atoms with Crippen LogP contribution >= 0.6 is 0 Å². The molecular weight excluding hydrogens is 554 g/mol. The summed E-state index contributed by atoms with van der Waals surface area (Å²) in [5.41, 5.74) is -0.121. The number of hydrogen-bond acceptors (Lipinski definition) is 6. The van der Waals surface area contributed by atoms with Crippen molar-refractivity contribution in [3.63, 3.8) is 0 Å². The van der Waals surface area contributed by atoms with Gasteiger partial charge in [0.05, 0.1) is 12.2 Å². The topological polar surface area (TPSA) is 102 Å². The van der Waals surface area contributed by atoms with Crippen LogP contribution in [0.4, 0.5) is 0 Å². The first-order valence-electron chi connectivity index (χ1n) is 16.1. The van der Waals surface area contributed by atoms with Crippen LogP contribution in [0.15, 0.2) is 53.0 Å². The minimum absolute atomic E-state index is 0.101. The molecule has 7 heteroatoms. The Morgan fingerprint density at radius 1 is 1.09 bits per heavy atom. The van der Waals surface area contributed by atoms with Crippen molar-refractivity contribution in [2.45, 2.75) is 112 Å². The van der Waals surface area contributed by atoms with Crippen LogP contribution in [0, 0.1) is 29.1 Å². The molecule has 2 bridgehead atoms. The third-order valence-electron chi connectivity index (χ3n) is 10.2. The number of rotatable bonds is 3. The maximum Gasteiger partial charge on any atom is 0.316 e. The first-order valence-corrected chi connectivity index (χ1v) is 16.1. The molecule has 0 unspecified atom stereocenters. The summed E-state index contributed by atoms with van der Waals surface area (Å²) in [7, 11) is 0. The fourth-order valence-corrected chi connectivity index (χ4v) is 6.98. The Bertz CT molecular complexity index is 1280. The van der Waals surface area contributed by atoms with Gasteiger partial charge in [0, 0.05) is 30.4 Å². The third-order valence-corrected chi connectivity index (χ3v) is 10.2. The largest absolute Gasteiger partial charge is 0.459 e. The average Bonchev–Trinajstić information content (AvgIpc) is 2.96. The summed E-state index contributed by atoms with van der Waals surface area (Å²) < 4.78 is 12.8. The fraction of sp³-hybridized carbons (Fsp3) is 0.622. The van der Waals surface area contributed by atoms with E-state index in [-0.39, 0.29) is 29.9 Å². The quantitative estimate of drug-likeness (QED) is 0.289. The summed E-state index contributed by atoms with van der Waals surface area (Å²) in [6.07, 6.45) is 7.43. The van der Waals surface area contributed by atoms with Crippen LogP contribution in [0.3, 0.4) is 0 Å². The molecule has 2 heterocycles. The van der Waals surface area contributed by atoms with Crippen molar-refractivity contribution in [3.05, 3.63) is 53.6 Å². The summed E-state index contributed by atoms with van der Waals surface area (Å²) in [4.78, 5) is 43.9. The first kappa shape index (κ1) is 35.6. The molecule has 1 aromatic carbocycles. The second-order valence-electron chi connectivity index (χ2n) is 14.0. The van der Waals surface area contributed by atoms with Crippen LogP contribution in [0.1, 0.15) is 100.0 Å². The molecule has 2 saturated heterocycles. The molecule has 0 saturated carbocycles. The van der Waals surface area contributed by atoms with Gasteiger partial charge >= 0.3 is 5.97 Å². The molecule has 0 radical (unpaired) electrons. The van der Waals surface area contributed by atoms with Crippen LogP contribution in [0.5, 0.6) is 0 Å². The fourth-order valence-electron chi connectivity index (χ4n) is 6.98. The van der Waals surface area contributed by atoms with E-state index in [2.05, 4.69) is 11.1 Å². The van der Waals surface area contributed by atoms with Crippen LogP contribution in [-0.4, -0.2) is 52.4 Å². The van der Waals surface area contributed by atoms with Crippen LogP contribution in [-0.2, 0) is 23.9 Å². The zero-order chi connectivity index (χ0) is 32.9. The first-order chi connectivity index (χ1) is 20.5. The molecule has 1 N–H and O–H groups in total. The molecule has 3 rings (SSSR count). The highest BCUT2D eigenvalue weighted by molar-refractivity contribution is 5.99. The third kappa shape index (κ3) is 8.22. The lowest BCUT2D eigenvalue weighted by atomic mass is 9.65. The molecule has 1 aromatic rings. The van der Waals surface area contributed by atoms with Crippen molar-refractivity contribution in [1.82, 2.24) is 0 Å². The maximum absolute atomic E-state index is 13.6. The van der Waals surface area contributed by atoms with Gasteiger partial charge in [0.2, 0.25) is 5.91 Å². The van der Waals surface area contributed by atoms with Gasteiger partial charge in [-0.15, -0.1) is 0 Å². The molecular formula is C37H53NO6. The van der Waals surface area contributed by atoms with E-state index in [1.54, 1.807) is 13.8 Å². The van der Waals surface area contributed by atoms with Crippen LogP contribution in [0.2, 0.25) is 0 Å². The van der Waals surface area contributed by atoms with Crippen molar-refractivity contribution in [2.75, 3.05) is 6.61 Å². The van der Waals surface area contributed by atoms with E-state index in [1.807, 2.05) is 84.0 Å². The van der Waals surface area contributed by atoms with Gasteiger partial charge in [0.15, 0.2) is 0 Å². The number of aliphatic imine (C=N–C) groups is 1. The molecule has 0 aromatic heterocycles. The number of allylic oxidation sites excluding steroid dienone is 2. The Kier molecular flexibility index (Phi) is 11.7. The van der Waals surface area contributed by atoms with Gasteiger partial charge < -0.3 is 14.6 Å². The Labute approximate surface area is 264 Å². The average molecular weight is 608 g/mol. The number of fused-ring (bicyclic) bond motifs is 5. The van der Waals surface area contributed by atoms with Crippen molar-refractivity contribution in [2.24, 2.45) is 34.1 Å². The van der Waals surface area contributed by atoms with Gasteiger partial charge in [0.25, 0.3) is 0 Å². The van der Waals surface area contributed by atoms with E-state index >= 15 is 0 Å². The lowest BCUT2D eigenvalue weighted by molar-refractivity contribution is -0.178. The SMILES string of the molecule is CC[C@H]1OC(=O)[C@H](C)C(=O)CC(C)(C)[C@@]2(C)C[C@@H](C)C(=NC(C)=O)[C@H](C)[C@@H](CC/C(=C\C=C\c3ccccc3)CO2)[C@]1(C)O. The molecule has 2 aliphatic rings. The highest BCUT2D eigenvalue weighted by atomic mass is 16.6. The van der Waals surface area contributed by atoms with Crippen LogP contribution < -0.4 is 0 Å². The van der Waals surface area contributed by atoms with Crippen molar-refractivity contribution in [1.29, 1.82) is 0 Å². The number of aliphatic hydroxyl groups is 1. The van der Waals surface area contributed by atoms with E-state index < -0.39 is 40.5 Å². The van der Waals surface area contributed by atoms with Crippen molar-refractivity contribution >= 4 is 29.4 Å². The van der Waals surface area contributed by atoms with Crippen molar-refractivity contribution < 1.29 is 29.0 Å². The number of cyclic esters (lactones) is 1. The number of ether oxygens (including phenoxy) is 2. The molecule has 44 heavy (non-hydrogen) atoms. The van der Waals surface area contributed by atoms with Gasteiger partial charge in [0.1, 0.15) is 23.4 Å². The Balaban J connectivity index is 2.26. The van der Waals surface area contributed by atoms with E-state index in [0.717, 1.165) is 11.1 Å². The second kappa shape index (κ2) is 14.5. The number of nitrogens with zero attached hydrogens (tertiary/aromatic N) is 1. The Morgan fingerprint density at radius 2 is 1.75 bits per heavy atom. The predicted molar refractivity (Wildman–Crippen MR) is 175 cm³/mol. The number of amides is 1. The predicted octanol–water partition coefficient (Wildman–Crippen LogP) is 7.17. The lowest BCUT2D eigenvalue weighted by Gasteiger charge is -2.47. The highest BCUT2D eigenvalue weighted by Gasteiger charge is 2.50. The number of carbonyl (C=O) groups is 3. The molecule has 2 fully saturated rings. The second-order valence-corrected chi connectivity index (χ2v) is 14.0. The summed E-state index contributed by atoms with van der Waals surface area (Å²) in [5.74, 6) is -3.02. The Morgan fingerprint density at radius 3 is 2.36 bits per heavy atom. The minimum atomic E-state index is -1.46. The smallest absolute Gasteiger partial charge is 0.316 e. The molecule has 7 nitrogen and oxygen atoms in total. The Hall–Kier alpha value is -2.90. The maximum atomic E-state index is 13.6. The van der Waals surface area contributed by atoms with Gasteiger partial charge in [-0.25, -0.2) is 4.99 Å². The molecule has 242 valence electrons. The normalized spacial score (nSPS) is 36.0. The summed E-state index contributed by atoms with van der Waals surface area (Å²) in [5, 5.41) is 12.3.